The van der Waals surface area contributed by atoms with E-state index in [1.54, 1.807) is 6.07 Å². The maximum atomic E-state index is 13.9. The number of rotatable bonds is 4. The first-order valence-electron chi connectivity index (χ1n) is 5.90. The molecule has 22 heavy (non-hydrogen) atoms. The summed E-state index contributed by atoms with van der Waals surface area (Å²) in [6, 6.07) is 5.67. The van der Waals surface area contributed by atoms with E-state index in [-0.39, 0.29) is 5.56 Å². The molecule has 1 aromatic carbocycles. The molecule has 0 fully saturated rings. The van der Waals surface area contributed by atoms with Crippen molar-refractivity contribution in [1.29, 1.82) is 0 Å². The van der Waals surface area contributed by atoms with E-state index in [4.69, 9.17) is 4.74 Å². The second-order valence-electron chi connectivity index (χ2n) is 4.92. The Labute approximate surface area is 136 Å². The van der Waals surface area contributed by atoms with Gasteiger partial charge < -0.3 is 4.74 Å². The molecule has 1 nitrogen and oxygen atoms in total. The average molecular weight is 444 g/mol. The smallest absolute Gasteiger partial charge is 0.374 e. The summed E-state index contributed by atoms with van der Waals surface area (Å²) in [6.45, 7) is 0.990. The van der Waals surface area contributed by atoms with Crippen LogP contribution in [-0.2, 0) is 10.3 Å². The topological polar surface area (TPSA) is 9.23 Å². The van der Waals surface area contributed by atoms with E-state index in [1.165, 1.54) is 18.2 Å². The molecule has 0 saturated carbocycles. The van der Waals surface area contributed by atoms with Crippen LogP contribution in [0, 0.1) is 3.57 Å². The summed E-state index contributed by atoms with van der Waals surface area (Å²) in [5.41, 5.74) is -7.44. The standard InChI is InChI=1S/C13H12F7IO/c1-10(22-2,8-4-3-5-9(21)6-8)7-11(14,12(15,16)17)13(18,19)20/h3-6H,7H2,1-2H3. The zero-order chi connectivity index (χ0) is 17.4. The Morgan fingerprint density at radius 2 is 1.50 bits per heavy atom. The van der Waals surface area contributed by atoms with Crippen LogP contribution in [0.4, 0.5) is 30.7 Å². The molecule has 0 spiro atoms. The second-order valence-corrected chi connectivity index (χ2v) is 6.16. The van der Waals surface area contributed by atoms with Gasteiger partial charge >= 0.3 is 18.0 Å². The fraction of sp³-hybridized carbons (Fsp3) is 0.538. The summed E-state index contributed by atoms with van der Waals surface area (Å²) in [6.07, 6.45) is -14.1. The monoisotopic (exact) mass is 444 g/mol. The van der Waals surface area contributed by atoms with Crippen molar-refractivity contribution in [2.45, 2.75) is 37.0 Å². The molecule has 0 bridgehead atoms. The summed E-state index contributed by atoms with van der Waals surface area (Å²) < 4.78 is 95.6. The summed E-state index contributed by atoms with van der Waals surface area (Å²) in [7, 11) is 0.938. The van der Waals surface area contributed by atoms with Crippen molar-refractivity contribution in [3.05, 3.63) is 33.4 Å². The number of hydrogen-bond donors (Lipinski definition) is 0. The van der Waals surface area contributed by atoms with Gasteiger partial charge in [-0.25, -0.2) is 4.39 Å². The van der Waals surface area contributed by atoms with Gasteiger partial charge in [0.1, 0.15) is 0 Å². The number of ether oxygens (including phenoxy) is 1. The Morgan fingerprint density at radius 3 is 1.86 bits per heavy atom. The highest BCUT2D eigenvalue weighted by Gasteiger charge is 2.74. The zero-order valence-corrected chi connectivity index (χ0v) is 13.6. The van der Waals surface area contributed by atoms with E-state index >= 15 is 0 Å². The van der Waals surface area contributed by atoms with Gasteiger partial charge in [0.2, 0.25) is 0 Å². The minimum absolute atomic E-state index is 0.0254. The van der Waals surface area contributed by atoms with Gasteiger partial charge in [-0.2, -0.15) is 26.3 Å². The molecule has 1 atom stereocenters. The maximum absolute atomic E-state index is 13.9. The van der Waals surface area contributed by atoms with E-state index in [0.717, 1.165) is 14.0 Å². The fourth-order valence-electron chi connectivity index (χ4n) is 1.94. The average Bonchev–Trinajstić information content (AvgIpc) is 2.35. The van der Waals surface area contributed by atoms with Gasteiger partial charge in [-0.3, -0.25) is 0 Å². The first-order chi connectivity index (χ1) is 9.77. The molecule has 0 aliphatic rings. The lowest BCUT2D eigenvalue weighted by Gasteiger charge is -2.38. The van der Waals surface area contributed by atoms with Crippen molar-refractivity contribution >= 4 is 22.6 Å². The molecule has 0 aromatic heterocycles. The Bertz CT molecular complexity index is 512. The molecule has 1 rings (SSSR count). The minimum atomic E-state index is -6.10. The molecule has 1 aromatic rings. The quantitative estimate of drug-likeness (QED) is 0.448. The molecule has 0 saturated heterocycles. The van der Waals surface area contributed by atoms with Crippen LogP contribution in [0.25, 0.3) is 0 Å². The summed E-state index contributed by atoms with van der Waals surface area (Å²) in [5.74, 6) is 0. The van der Waals surface area contributed by atoms with Crippen LogP contribution >= 0.6 is 22.6 Å². The van der Waals surface area contributed by atoms with Crippen LogP contribution in [0.2, 0.25) is 0 Å². The first-order valence-corrected chi connectivity index (χ1v) is 6.98. The largest absolute Gasteiger partial charge is 0.431 e. The van der Waals surface area contributed by atoms with E-state index in [1.807, 2.05) is 22.6 Å². The van der Waals surface area contributed by atoms with Gasteiger partial charge in [-0.15, -0.1) is 0 Å². The molecule has 0 aliphatic heterocycles. The lowest BCUT2D eigenvalue weighted by atomic mass is 9.83. The molecule has 1 unspecified atom stereocenters. The molecule has 0 heterocycles. The van der Waals surface area contributed by atoms with E-state index in [9.17, 15) is 30.7 Å². The number of benzene rings is 1. The third-order valence-corrected chi connectivity index (χ3v) is 4.04. The van der Waals surface area contributed by atoms with Crippen LogP contribution in [-0.4, -0.2) is 25.1 Å². The Kier molecular flexibility index (Phi) is 5.43. The lowest BCUT2D eigenvalue weighted by Crippen LogP contribution is -2.56. The van der Waals surface area contributed by atoms with E-state index in [0.29, 0.717) is 3.57 Å². The highest BCUT2D eigenvalue weighted by molar-refractivity contribution is 14.1. The number of halogens is 8. The van der Waals surface area contributed by atoms with Crippen molar-refractivity contribution in [3.8, 4) is 0 Å². The van der Waals surface area contributed by atoms with Crippen LogP contribution in [0.3, 0.4) is 0 Å². The molecule has 0 radical (unpaired) electrons. The molecular weight excluding hydrogens is 432 g/mol. The van der Waals surface area contributed by atoms with E-state index in [2.05, 4.69) is 0 Å². The Hall–Kier alpha value is -0.580. The van der Waals surface area contributed by atoms with E-state index < -0.39 is 30.0 Å². The fourth-order valence-corrected chi connectivity index (χ4v) is 2.48. The van der Waals surface area contributed by atoms with Gasteiger partial charge in [0.05, 0.1) is 5.60 Å². The SMILES string of the molecule is COC(C)(CC(F)(C(F)(F)F)C(F)(F)F)c1cccc(I)c1. The highest BCUT2D eigenvalue weighted by atomic mass is 127. The van der Waals surface area contributed by atoms with Gasteiger partial charge in [-0.05, 0) is 47.2 Å². The molecule has 0 N–H and O–H groups in total. The molecular formula is C13H12F7IO. The molecule has 0 aliphatic carbocycles. The van der Waals surface area contributed by atoms with Crippen molar-refractivity contribution in [3.63, 3.8) is 0 Å². The third kappa shape index (κ3) is 3.66. The number of hydrogen-bond acceptors (Lipinski definition) is 1. The van der Waals surface area contributed by atoms with Crippen molar-refractivity contribution < 1.29 is 35.5 Å². The normalized spacial score (nSPS) is 16.5. The van der Waals surface area contributed by atoms with Gasteiger partial charge in [0, 0.05) is 17.1 Å². The molecule has 126 valence electrons. The van der Waals surface area contributed by atoms with Crippen LogP contribution in [0.5, 0.6) is 0 Å². The van der Waals surface area contributed by atoms with Crippen molar-refractivity contribution in [2.24, 2.45) is 0 Å². The number of methoxy groups -OCH3 is 1. The van der Waals surface area contributed by atoms with Gasteiger partial charge in [-0.1, -0.05) is 12.1 Å². The summed E-state index contributed by atoms with van der Waals surface area (Å²) >= 11 is 1.84. The molecule has 0 amide bonds. The highest BCUT2D eigenvalue weighted by Crippen LogP contribution is 2.52. The lowest BCUT2D eigenvalue weighted by molar-refractivity contribution is -0.353. The second kappa shape index (κ2) is 6.14. The van der Waals surface area contributed by atoms with Crippen molar-refractivity contribution in [2.75, 3.05) is 7.11 Å². The van der Waals surface area contributed by atoms with Crippen LogP contribution in [0.1, 0.15) is 18.9 Å². The first kappa shape index (κ1) is 19.5. The van der Waals surface area contributed by atoms with Gasteiger partial charge in [0.25, 0.3) is 0 Å². The van der Waals surface area contributed by atoms with Crippen LogP contribution in [0.15, 0.2) is 24.3 Å². The third-order valence-electron chi connectivity index (χ3n) is 3.37. The zero-order valence-electron chi connectivity index (χ0n) is 11.4. The predicted molar refractivity (Wildman–Crippen MR) is 74.1 cm³/mol. The van der Waals surface area contributed by atoms with Gasteiger partial charge in [0.15, 0.2) is 0 Å². The summed E-state index contributed by atoms with van der Waals surface area (Å²) in [5, 5.41) is 0. The Morgan fingerprint density at radius 1 is 1.00 bits per heavy atom. The van der Waals surface area contributed by atoms with Crippen molar-refractivity contribution in [1.82, 2.24) is 0 Å². The molecule has 9 heteroatoms. The minimum Gasteiger partial charge on any atom is -0.374 e. The van der Waals surface area contributed by atoms with Crippen LogP contribution < -0.4 is 0 Å². The summed E-state index contributed by atoms with van der Waals surface area (Å²) in [4.78, 5) is 0. The maximum Gasteiger partial charge on any atom is 0.431 e. The number of alkyl halides is 7. The Balaban J connectivity index is 3.36. The predicted octanol–water partition coefficient (Wildman–Crippen LogP) is 5.38.